The van der Waals surface area contributed by atoms with E-state index in [1.807, 2.05) is 35.2 Å². The van der Waals surface area contributed by atoms with Crippen LogP contribution in [0.2, 0.25) is 0 Å². The minimum absolute atomic E-state index is 0.124. The molecule has 1 aromatic heterocycles. The van der Waals surface area contributed by atoms with E-state index >= 15 is 0 Å². The van der Waals surface area contributed by atoms with Gasteiger partial charge in [0.05, 0.1) is 25.7 Å². The number of benzene rings is 1. The van der Waals surface area contributed by atoms with Gasteiger partial charge >= 0.3 is 0 Å². The number of hydrogen-bond acceptors (Lipinski definition) is 6. The molecular weight excluding hydrogens is 320 g/mol. The Morgan fingerprint density at radius 2 is 1.96 bits per heavy atom. The van der Waals surface area contributed by atoms with E-state index in [0.29, 0.717) is 38.0 Å². The fourth-order valence-corrected chi connectivity index (χ4v) is 3.34. The van der Waals surface area contributed by atoms with Crippen molar-refractivity contribution in [2.45, 2.75) is 12.3 Å². The lowest BCUT2D eigenvalue weighted by Crippen LogP contribution is -2.44. The summed E-state index contributed by atoms with van der Waals surface area (Å²) in [6, 6.07) is 9.78. The molecule has 2 aliphatic heterocycles. The van der Waals surface area contributed by atoms with Crippen LogP contribution >= 0.6 is 0 Å². The number of carbonyl (C=O) groups excluding carboxylic acids is 1. The summed E-state index contributed by atoms with van der Waals surface area (Å²) < 4.78 is 10.8. The topological polar surface area (TPSA) is 71.7 Å². The highest BCUT2D eigenvalue weighted by Crippen LogP contribution is 2.27. The number of ether oxygens (including phenoxy) is 1. The van der Waals surface area contributed by atoms with Crippen molar-refractivity contribution in [3.8, 4) is 11.4 Å². The highest BCUT2D eigenvalue weighted by Gasteiger charge is 2.31. The van der Waals surface area contributed by atoms with Crippen LogP contribution in [-0.2, 0) is 9.53 Å². The molecule has 0 saturated carbocycles. The molecule has 2 aliphatic rings. The highest BCUT2D eigenvalue weighted by molar-refractivity contribution is 5.78. The van der Waals surface area contributed by atoms with Gasteiger partial charge in [-0.15, -0.1) is 0 Å². The number of nitrogens with zero attached hydrogens (tertiary/aromatic N) is 4. The Kier molecular flexibility index (Phi) is 4.76. The van der Waals surface area contributed by atoms with Gasteiger partial charge in [0, 0.05) is 31.7 Å². The van der Waals surface area contributed by atoms with Crippen molar-refractivity contribution in [2.75, 3.05) is 45.9 Å². The van der Waals surface area contributed by atoms with Crippen molar-refractivity contribution in [2.24, 2.45) is 0 Å². The van der Waals surface area contributed by atoms with Crippen LogP contribution in [0.25, 0.3) is 11.4 Å². The molecule has 7 heteroatoms. The SMILES string of the molecule is O=C(CN1CCOCC1)N1CCC(c2nc(-c3ccccc3)no2)C1. The molecule has 25 heavy (non-hydrogen) atoms. The van der Waals surface area contributed by atoms with Crippen molar-refractivity contribution in [1.29, 1.82) is 0 Å². The third kappa shape index (κ3) is 3.72. The highest BCUT2D eigenvalue weighted by atomic mass is 16.5. The predicted molar refractivity (Wildman–Crippen MR) is 90.9 cm³/mol. The lowest BCUT2D eigenvalue weighted by atomic mass is 10.1. The van der Waals surface area contributed by atoms with Crippen molar-refractivity contribution in [3.05, 3.63) is 36.2 Å². The molecule has 0 spiro atoms. The van der Waals surface area contributed by atoms with Gasteiger partial charge < -0.3 is 14.2 Å². The molecule has 2 aromatic rings. The van der Waals surface area contributed by atoms with Crippen molar-refractivity contribution in [3.63, 3.8) is 0 Å². The summed E-state index contributed by atoms with van der Waals surface area (Å²) in [6.45, 7) is 4.94. The van der Waals surface area contributed by atoms with Gasteiger partial charge in [0.1, 0.15) is 0 Å². The van der Waals surface area contributed by atoms with E-state index in [2.05, 4.69) is 15.0 Å². The van der Waals surface area contributed by atoms with E-state index in [1.165, 1.54) is 0 Å². The molecule has 7 nitrogen and oxygen atoms in total. The monoisotopic (exact) mass is 342 g/mol. The van der Waals surface area contributed by atoms with Crippen LogP contribution in [0.3, 0.4) is 0 Å². The lowest BCUT2D eigenvalue weighted by Gasteiger charge is -2.27. The van der Waals surface area contributed by atoms with Crippen LogP contribution in [0, 0.1) is 0 Å². The van der Waals surface area contributed by atoms with Gasteiger partial charge in [0.15, 0.2) is 0 Å². The van der Waals surface area contributed by atoms with Crippen molar-refractivity contribution in [1.82, 2.24) is 19.9 Å². The van der Waals surface area contributed by atoms with Crippen molar-refractivity contribution >= 4 is 5.91 Å². The molecule has 1 unspecified atom stereocenters. The van der Waals surface area contributed by atoms with Gasteiger partial charge in [-0.2, -0.15) is 4.98 Å². The van der Waals surface area contributed by atoms with E-state index in [4.69, 9.17) is 9.26 Å². The Bertz CT molecular complexity index is 712. The Labute approximate surface area is 146 Å². The number of morpholine rings is 1. The molecule has 1 aromatic carbocycles. The van der Waals surface area contributed by atoms with Crippen LogP contribution < -0.4 is 0 Å². The van der Waals surface area contributed by atoms with Gasteiger partial charge in [0.2, 0.25) is 17.6 Å². The third-order valence-electron chi connectivity index (χ3n) is 4.83. The maximum atomic E-state index is 12.5. The summed E-state index contributed by atoms with van der Waals surface area (Å²) in [7, 11) is 0. The molecule has 3 heterocycles. The molecule has 2 fully saturated rings. The Morgan fingerprint density at radius 1 is 1.16 bits per heavy atom. The van der Waals surface area contributed by atoms with Crippen LogP contribution in [-0.4, -0.2) is 71.8 Å². The van der Waals surface area contributed by atoms with Crippen LogP contribution in [0.1, 0.15) is 18.2 Å². The van der Waals surface area contributed by atoms with Gasteiger partial charge in [-0.25, -0.2) is 0 Å². The second-order valence-corrected chi connectivity index (χ2v) is 6.54. The number of carbonyl (C=O) groups is 1. The molecule has 1 atom stereocenters. The first kappa shape index (κ1) is 16.2. The van der Waals surface area contributed by atoms with E-state index in [9.17, 15) is 4.79 Å². The summed E-state index contributed by atoms with van der Waals surface area (Å²) in [5, 5.41) is 4.08. The number of hydrogen-bond donors (Lipinski definition) is 0. The van der Waals surface area contributed by atoms with Gasteiger partial charge in [-0.3, -0.25) is 9.69 Å². The second-order valence-electron chi connectivity index (χ2n) is 6.54. The molecule has 0 N–H and O–H groups in total. The molecular formula is C18H22N4O3. The fourth-order valence-electron chi connectivity index (χ4n) is 3.34. The quantitative estimate of drug-likeness (QED) is 0.836. The van der Waals surface area contributed by atoms with Gasteiger partial charge in [-0.1, -0.05) is 35.5 Å². The third-order valence-corrected chi connectivity index (χ3v) is 4.83. The minimum Gasteiger partial charge on any atom is -0.379 e. The summed E-state index contributed by atoms with van der Waals surface area (Å²) in [6.07, 6.45) is 0.866. The molecule has 0 bridgehead atoms. The fraction of sp³-hybridized carbons (Fsp3) is 0.500. The molecule has 0 radical (unpaired) electrons. The van der Waals surface area contributed by atoms with Gasteiger partial charge in [0.25, 0.3) is 0 Å². The molecule has 1 amide bonds. The van der Waals surface area contributed by atoms with Crippen LogP contribution in [0.5, 0.6) is 0 Å². The maximum Gasteiger partial charge on any atom is 0.236 e. The smallest absolute Gasteiger partial charge is 0.236 e. The van der Waals surface area contributed by atoms with Crippen LogP contribution in [0.15, 0.2) is 34.9 Å². The van der Waals surface area contributed by atoms with Gasteiger partial charge in [-0.05, 0) is 6.42 Å². The molecule has 132 valence electrons. The Hall–Kier alpha value is -2.25. The maximum absolute atomic E-state index is 12.5. The first-order valence-corrected chi connectivity index (χ1v) is 8.76. The van der Waals surface area contributed by atoms with Crippen molar-refractivity contribution < 1.29 is 14.1 Å². The summed E-state index contributed by atoms with van der Waals surface area (Å²) >= 11 is 0. The largest absolute Gasteiger partial charge is 0.379 e. The zero-order chi connectivity index (χ0) is 17.1. The summed E-state index contributed by atoms with van der Waals surface area (Å²) in [5.41, 5.74) is 0.941. The lowest BCUT2D eigenvalue weighted by molar-refractivity contribution is -0.132. The van der Waals surface area contributed by atoms with E-state index in [1.54, 1.807) is 0 Å². The van der Waals surface area contributed by atoms with E-state index in [0.717, 1.165) is 31.6 Å². The predicted octanol–water partition coefficient (Wildman–Crippen LogP) is 1.38. The second kappa shape index (κ2) is 7.33. The molecule has 2 saturated heterocycles. The number of amides is 1. The standard InChI is InChI=1S/C18H22N4O3/c23-16(13-21-8-10-24-11-9-21)22-7-6-15(12-22)18-19-17(20-25-18)14-4-2-1-3-5-14/h1-5,15H,6-13H2. The summed E-state index contributed by atoms with van der Waals surface area (Å²) in [5.74, 6) is 1.53. The molecule has 0 aliphatic carbocycles. The normalized spacial score (nSPS) is 21.6. The number of rotatable bonds is 4. The Morgan fingerprint density at radius 3 is 2.76 bits per heavy atom. The first-order chi connectivity index (χ1) is 12.3. The average molecular weight is 342 g/mol. The number of aromatic nitrogens is 2. The van der Waals surface area contributed by atoms with E-state index < -0.39 is 0 Å². The van der Waals surface area contributed by atoms with E-state index in [-0.39, 0.29) is 11.8 Å². The number of likely N-dealkylation sites (tertiary alicyclic amines) is 1. The Balaban J connectivity index is 1.36. The molecule has 4 rings (SSSR count). The average Bonchev–Trinajstić information content (AvgIpc) is 3.33. The zero-order valence-corrected chi connectivity index (χ0v) is 14.1. The zero-order valence-electron chi connectivity index (χ0n) is 14.1. The first-order valence-electron chi connectivity index (χ1n) is 8.76. The summed E-state index contributed by atoms with van der Waals surface area (Å²) in [4.78, 5) is 21.1. The van der Waals surface area contributed by atoms with Crippen LogP contribution in [0.4, 0.5) is 0 Å². The minimum atomic E-state index is 0.124.